The Morgan fingerprint density at radius 3 is 2.21 bits per heavy atom. The lowest BCUT2D eigenvalue weighted by Gasteiger charge is -2.20. The predicted molar refractivity (Wildman–Crippen MR) is 46.5 cm³/mol. The number of amides is 1. The third-order valence-electron chi connectivity index (χ3n) is 1.82. The second-order valence-corrected chi connectivity index (χ2v) is 3.79. The first-order valence-corrected chi connectivity index (χ1v) is 4.22. The van der Waals surface area contributed by atoms with Crippen molar-refractivity contribution in [3.8, 4) is 0 Å². The quantitative estimate of drug-likeness (QED) is 0.669. The Balaban J connectivity index is 3.70. The molecule has 0 aromatic carbocycles. The lowest BCUT2D eigenvalue weighted by atomic mass is 9.93. The molecule has 3 N–H and O–H groups in total. The van der Waals surface area contributed by atoms with Crippen molar-refractivity contribution in [1.29, 1.82) is 0 Å². The summed E-state index contributed by atoms with van der Waals surface area (Å²) in [5.41, 5.74) is 4.22. The van der Waals surface area contributed by atoms with Crippen LogP contribution in [0.2, 0.25) is 0 Å². The van der Waals surface area contributed by atoms with Gasteiger partial charge in [0, 0.05) is 13.1 Å². The summed E-state index contributed by atoms with van der Waals surface area (Å²) in [6.07, 6.45) is -5.06. The zero-order valence-corrected chi connectivity index (χ0v) is 8.24. The number of halogens is 3. The molecule has 0 aliphatic heterocycles. The first-order valence-electron chi connectivity index (χ1n) is 4.22. The van der Waals surface area contributed by atoms with Crippen LogP contribution in [0.1, 0.15) is 20.3 Å². The second-order valence-electron chi connectivity index (χ2n) is 3.79. The van der Waals surface area contributed by atoms with Crippen molar-refractivity contribution < 1.29 is 18.0 Å². The Kier molecular flexibility index (Phi) is 4.38. The van der Waals surface area contributed by atoms with Crippen molar-refractivity contribution in [3.63, 3.8) is 0 Å². The fraction of sp³-hybridized carbons (Fsp3) is 0.875. The average Bonchev–Trinajstić information content (AvgIpc) is 1.96. The highest BCUT2D eigenvalue weighted by Gasteiger charge is 2.28. The van der Waals surface area contributed by atoms with Gasteiger partial charge in [-0.15, -0.1) is 0 Å². The minimum Gasteiger partial charge on any atom is -0.369 e. The molecule has 0 saturated heterocycles. The Labute approximate surface area is 80.8 Å². The molecule has 0 spiro atoms. The summed E-state index contributed by atoms with van der Waals surface area (Å²) in [7, 11) is 0. The van der Waals surface area contributed by atoms with E-state index < -0.39 is 23.9 Å². The highest BCUT2D eigenvalue weighted by Crippen LogP contribution is 2.18. The maximum atomic E-state index is 11.7. The third-order valence-corrected chi connectivity index (χ3v) is 1.82. The highest BCUT2D eigenvalue weighted by molar-refractivity contribution is 5.80. The van der Waals surface area contributed by atoms with Crippen LogP contribution in [0.4, 0.5) is 13.2 Å². The van der Waals surface area contributed by atoms with Crippen LogP contribution in [-0.4, -0.2) is 25.2 Å². The molecule has 0 aromatic heterocycles. The monoisotopic (exact) mass is 212 g/mol. The molecule has 0 heterocycles. The van der Waals surface area contributed by atoms with Crippen molar-refractivity contribution in [3.05, 3.63) is 0 Å². The van der Waals surface area contributed by atoms with Crippen LogP contribution in [0.5, 0.6) is 0 Å². The fourth-order valence-electron chi connectivity index (χ4n) is 0.718. The van der Waals surface area contributed by atoms with Crippen LogP contribution in [-0.2, 0) is 4.79 Å². The number of carbonyl (C=O) groups is 1. The van der Waals surface area contributed by atoms with Gasteiger partial charge in [-0.3, -0.25) is 4.79 Å². The minimum atomic E-state index is -4.16. The van der Waals surface area contributed by atoms with Gasteiger partial charge in [-0.05, 0) is 13.8 Å². The van der Waals surface area contributed by atoms with Gasteiger partial charge in [0.2, 0.25) is 5.91 Å². The van der Waals surface area contributed by atoms with E-state index in [4.69, 9.17) is 5.73 Å². The van der Waals surface area contributed by atoms with E-state index in [1.807, 2.05) is 0 Å². The van der Waals surface area contributed by atoms with E-state index in [1.54, 1.807) is 13.8 Å². The number of nitrogens with two attached hydrogens (primary N) is 1. The zero-order chi connectivity index (χ0) is 11.4. The molecule has 84 valence electrons. The van der Waals surface area contributed by atoms with Gasteiger partial charge in [0.05, 0.1) is 11.8 Å². The van der Waals surface area contributed by atoms with Crippen LogP contribution in [0.25, 0.3) is 0 Å². The molecule has 0 aromatic rings. The topological polar surface area (TPSA) is 55.1 Å². The van der Waals surface area contributed by atoms with Crippen molar-refractivity contribution in [2.24, 2.45) is 11.1 Å². The van der Waals surface area contributed by atoms with Crippen LogP contribution >= 0.6 is 0 Å². The number of nitrogens with one attached hydrogen (secondary N) is 1. The van der Waals surface area contributed by atoms with Gasteiger partial charge in [-0.25, -0.2) is 0 Å². The van der Waals surface area contributed by atoms with Crippen molar-refractivity contribution in [2.45, 2.75) is 26.4 Å². The Bertz CT molecular complexity index is 201. The maximum absolute atomic E-state index is 11.7. The third kappa shape index (κ3) is 5.80. The molecule has 0 rings (SSSR count). The second kappa shape index (κ2) is 4.63. The first kappa shape index (κ1) is 13.2. The van der Waals surface area contributed by atoms with Crippen molar-refractivity contribution in [2.75, 3.05) is 13.1 Å². The lowest BCUT2D eigenvalue weighted by molar-refractivity contribution is -0.133. The summed E-state index contributed by atoms with van der Waals surface area (Å²) in [6, 6.07) is 0. The van der Waals surface area contributed by atoms with Crippen LogP contribution in [0.3, 0.4) is 0 Å². The Morgan fingerprint density at radius 1 is 1.36 bits per heavy atom. The molecule has 0 fully saturated rings. The molecule has 0 saturated carbocycles. The highest BCUT2D eigenvalue weighted by atomic mass is 19.4. The summed E-state index contributed by atoms with van der Waals surface area (Å²) in [5, 5.41) is 2.54. The first-order chi connectivity index (χ1) is 6.15. The van der Waals surface area contributed by atoms with Crippen molar-refractivity contribution in [1.82, 2.24) is 5.32 Å². The summed E-state index contributed by atoms with van der Waals surface area (Å²) in [4.78, 5) is 10.8. The molecule has 3 nitrogen and oxygen atoms in total. The molecule has 0 aliphatic rings. The van der Waals surface area contributed by atoms with Crippen LogP contribution in [0.15, 0.2) is 0 Å². The summed E-state index contributed by atoms with van der Waals surface area (Å²) in [5.74, 6) is -0.531. The molecule has 1 amide bonds. The Hall–Kier alpha value is -0.780. The fourth-order valence-corrected chi connectivity index (χ4v) is 0.718. The predicted octanol–water partition coefficient (Wildman–Crippen LogP) is 1.04. The summed E-state index contributed by atoms with van der Waals surface area (Å²) in [6.45, 7) is 3.12. The number of alkyl halides is 3. The zero-order valence-electron chi connectivity index (χ0n) is 8.24. The molecule has 0 radical (unpaired) electrons. The number of hydrogen-bond donors (Lipinski definition) is 2. The van der Waals surface area contributed by atoms with E-state index >= 15 is 0 Å². The van der Waals surface area contributed by atoms with Gasteiger partial charge in [-0.1, -0.05) is 0 Å². The molecule has 14 heavy (non-hydrogen) atoms. The summed E-state index contributed by atoms with van der Waals surface area (Å²) < 4.78 is 35.1. The van der Waals surface area contributed by atoms with Gasteiger partial charge < -0.3 is 11.1 Å². The van der Waals surface area contributed by atoms with Crippen LogP contribution < -0.4 is 11.1 Å². The van der Waals surface area contributed by atoms with Gasteiger partial charge >= 0.3 is 6.18 Å². The molecular weight excluding hydrogens is 197 g/mol. The van der Waals surface area contributed by atoms with E-state index in [0.29, 0.717) is 0 Å². The number of rotatable bonds is 5. The van der Waals surface area contributed by atoms with E-state index in [9.17, 15) is 18.0 Å². The largest absolute Gasteiger partial charge is 0.390 e. The summed E-state index contributed by atoms with van der Waals surface area (Å²) >= 11 is 0. The lowest BCUT2D eigenvalue weighted by Crippen LogP contribution is -2.41. The van der Waals surface area contributed by atoms with Crippen LogP contribution in [0, 0.1) is 5.41 Å². The molecular formula is C8H15F3N2O. The normalized spacial score (nSPS) is 12.9. The molecule has 6 heteroatoms. The Morgan fingerprint density at radius 2 is 1.86 bits per heavy atom. The number of carbonyl (C=O) groups excluding carboxylic acids is 1. The van der Waals surface area contributed by atoms with E-state index in [2.05, 4.69) is 5.32 Å². The SMILES string of the molecule is CC(C)(CNCCC(F)(F)F)C(N)=O. The van der Waals surface area contributed by atoms with E-state index in [0.717, 1.165) is 0 Å². The maximum Gasteiger partial charge on any atom is 0.390 e. The average molecular weight is 212 g/mol. The minimum absolute atomic E-state index is 0.151. The van der Waals surface area contributed by atoms with E-state index in [-0.39, 0.29) is 13.1 Å². The molecule has 0 aliphatic carbocycles. The standard InChI is InChI=1S/C8H15F3N2O/c1-7(2,6(12)14)5-13-4-3-8(9,10)11/h13H,3-5H2,1-2H3,(H2,12,14). The molecule has 0 bridgehead atoms. The van der Waals surface area contributed by atoms with Crippen molar-refractivity contribution >= 4 is 5.91 Å². The van der Waals surface area contributed by atoms with Gasteiger partial charge in [-0.2, -0.15) is 13.2 Å². The van der Waals surface area contributed by atoms with Gasteiger partial charge in [0.25, 0.3) is 0 Å². The van der Waals surface area contributed by atoms with E-state index in [1.165, 1.54) is 0 Å². The smallest absolute Gasteiger partial charge is 0.369 e. The number of hydrogen-bond acceptors (Lipinski definition) is 2. The van der Waals surface area contributed by atoms with Gasteiger partial charge in [0.1, 0.15) is 0 Å². The molecule has 0 unspecified atom stereocenters. The van der Waals surface area contributed by atoms with Gasteiger partial charge in [0.15, 0.2) is 0 Å². The molecule has 0 atom stereocenters. The number of primary amides is 1.